The third-order valence-electron chi connectivity index (χ3n) is 4.96. The number of benzene rings is 1. The van der Waals surface area contributed by atoms with Gasteiger partial charge < -0.3 is 15.6 Å². The molecule has 4 rings (SSSR count). The van der Waals surface area contributed by atoms with Crippen molar-refractivity contribution < 1.29 is 9.32 Å². The second-order valence-electron chi connectivity index (χ2n) is 6.82. The van der Waals surface area contributed by atoms with Crippen LogP contribution in [0.15, 0.2) is 28.8 Å². The third kappa shape index (κ3) is 3.03. The van der Waals surface area contributed by atoms with Crippen LogP contribution in [-0.4, -0.2) is 16.0 Å². The van der Waals surface area contributed by atoms with Gasteiger partial charge in [-0.25, -0.2) is 0 Å². The summed E-state index contributed by atoms with van der Waals surface area (Å²) in [7, 11) is 0. The molecule has 7 heteroatoms. The van der Waals surface area contributed by atoms with Gasteiger partial charge in [0.25, 0.3) is 5.89 Å². The monoisotopic (exact) mass is 348 g/mol. The van der Waals surface area contributed by atoms with Crippen molar-refractivity contribution in [2.45, 2.75) is 38.1 Å². The van der Waals surface area contributed by atoms with Gasteiger partial charge in [-0.3, -0.25) is 4.79 Å². The van der Waals surface area contributed by atoms with E-state index in [1.807, 2.05) is 24.3 Å². The van der Waals surface area contributed by atoms with E-state index < -0.39 is 5.54 Å². The van der Waals surface area contributed by atoms with Crippen LogP contribution in [0, 0.1) is 11.8 Å². The predicted molar refractivity (Wildman–Crippen MR) is 92.6 cm³/mol. The Kier molecular flexibility index (Phi) is 4.36. The summed E-state index contributed by atoms with van der Waals surface area (Å²) in [6.07, 6.45) is 3.89. The lowest BCUT2D eigenvalue weighted by atomic mass is 9.77. The van der Waals surface area contributed by atoms with Gasteiger partial charge in [-0.15, -0.1) is 12.4 Å². The van der Waals surface area contributed by atoms with E-state index >= 15 is 0 Å². The second-order valence-corrected chi connectivity index (χ2v) is 6.82. The quantitative estimate of drug-likeness (QED) is 0.885. The molecular formula is C17H21ClN4O2. The molecule has 1 amide bonds. The van der Waals surface area contributed by atoms with Crippen molar-refractivity contribution in [1.82, 2.24) is 10.1 Å². The first-order chi connectivity index (χ1) is 11.0. The van der Waals surface area contributed by atoms with Crippen molar-refractivity contribution in [1.29, 1.82) is 0 Å². The van der Waals surface area contributed by atoms with Gasteiger partial charge in [0, 0.05) is 17.2 Å². The van der Waals surface area contributed by atoms with Crippen molar-refractivity contribution in [2.24, 2.45) is 17.6 Å². The maximum Gasteiger partial charge on any atom is 0.257 e. The molecule has 3 N–H and O–H groups in total. The summed E-state index contributed by atoms with van der Waals surface area (Å²) in [6, 6.07) is 7.44. The first-order valence-electron chi connectivity index (χ1n) is 8.09. The summed E-state index contributed by atoms with van der Waals surface area (Å²) in [6.45, 7) is 2.09. The zero-order chi connectivity index (χ0) is 16.0. The van der Waals surface area contributed by atoms with E-state index in [1.165, 1.54) is 0 Å². The van der Waals surface area contributed by atoms with Crippen LogP contribution in [0.5, 0.6) is 0 Å². The minimum Gasteiger partial charge on any atom is -0.334 e. The van der Waals surface area contributed by atoms with Crippen LogP contribution in [0.1, 0.15) is 38.4 Å². The fraction of sp³-hybridized carbons (Fsp3) is 0.471. The average Bonchev–Trinajstić information content (AvgIpc) is 3.05. The first-order valence-corrected chi connectivity index (χ1v) is 8.09. The van der Waals surface area contributed by atoms with Crippen molar-refractivity contribution in [3.63, 3.8) is 0 Å². The normalized spacial score (nSPS) is 23.8. The van der Waals surface area contributed by atoms with Crippen molar-refractivity contribution >= 4 is 24.0 Å². The topological polar surface area (TPSA) is 94.0 Å². The molecule has 0 aliphatic heterocycles. The number of amides is 1. The van der Waals surface area contributed by atoms with Crippen molar-refractivity contribution in [3.8, 4) is 11.5 Å². The number of anilines is 1. The number of aromatic nitrogens is 2. The van der Waals surface area contributed by atoms with Crippen LogP contribution in [0.25, 0.3) is 11.5 Å². The van der Waals surface area contributed by atoms with Crippen LogP contribution >= 0.6 is 12.4 Å². The minimum atomic E-state index is -0.420. The molecule has 128 valence electrons. The number of nitrogens with two attached hydrogens (primary N) is 1. The zero-order valence-electron chi connectivity index (χ0n) is 13.5. The molecule has 0 bridgehead atoms. The molecule has 1 heterocycles. The van der Waals surface area contributed by atoms with Crippen LogP contribution in [0.4, 0.5) is 5.69 Å². The number of halogens is 1. The second kappa shape index (κ2) is 6.18. The van der Waals surface area contributed by atoms with E-state index in [-0.39, 0.29) is 24.2 Å². The zero-order valence-corrected chi connectivity index (χ0v) is 14.3. The first kappa shape index (κ1) is 16.9. The van der Waals surface area contributed by atoms with E-state index in [1.54, 1.807) is 0 Å². The SMILES string of the molecule is CC1CC1C(=O)Nc1ccc(-c2nc(C3(N)CCC3)no2)cc1.Cl. The predicted octanol–water partition coefficient (Wildman–Crippen LogP) is 3.09. The average molecular weight is 349 g/mol. The van der Waals surface area contributed by atoms with Gasteiger partial charge in [0.1, 0.15) is 0 Å². The lowest BCUT2D eigenvalue weighted by Gasteiger charge is -2.34. The Labute approximate surface area is 146 Å². The smallest absolute Gasteiger partial charge is 0.257 e. The Balaban J connectivity index is 0.00000169. The van der Waals surface area contributed by atoms with E-state index in [0.717, 1.165) is 36.9 Å². The Hall–Kier alpha value is -1.92. The molecule has 1 aromatic heterocycles. The van der Waals surface area contributed by atoms with Crippen LogP contribution in [0.2, 0.25) is 0 Å². The molecular weight excluding hydrogens is 328 g/mol. The summed E-state index contributed by atoms with van der Waals surface area (Å²) in [5, 5.41) is 6.95. The summed E-state index contributed by atoms with van der Waals surface area (Å²) in [4.78, 5) is 16.4. The number of nitrogens with one attached hydrogen (secondary N) is 1. The van der Waals surface area contributed by atoms with Gasteiger partial charge in [-0.05, 0) is 55.9 Å². The standard InChI is InChI=1S/C17H20N4O2.ClH/c1-10-9-13(10)14(22)19-12-5-3-11(4-6-12)15-20-16(21-23-15)17(18)7-2-8-17;/h3-6,10,13H,2,7-9,18H2,1H3,(H,19,22);1H. The highest BCUT2D eigenvalue weighted by molar-refractivity contribution is 5.94. The lowest BCUT2D eigenvalue weighted by molar-refractivity contribution is -0.117. The molecule has 2 aliphatic rings. The number of hydrogen-bond donors (Lipinski definition) is 2. The van der Waals surface area contributed by atoms with Crippen molar-refractivity contribution in [2.75, 3.05) is 5.32 Å². The van der Waals surface area contributed by atoms with Gasteiger partial charge in [0.2, 0.25) is 5.91 Å². The highest BCUT2D eigenvalue weighted by Crippen LogP contribution is 2.39. The van der Waals surface area contributed by atoms with Crippen LogP contribution in [0.3, 0.4) is 0 Å². The number of carbonyl (C=O) groups is 1. The summed E-state index contributed by atoms with van der Waals surface area (Å²) in [5.74, 6) is 1.81. The van der Waals surface area contributed by atoms with Gasteiger partial charge in [0.05, 0.1) is 5.54 Å². The molecule has 24 heavy (non-hydrogen) atoms. The Morgan fingerprint density at radius 2 is 2.00 bits per heavy atom. The number of hydrogen-bond acceptors (Lipinski definition) is 5. The third-order valence-corrected chi connectivity index (χ3v) is 4.96. The van der Waals surface area contributed by atoms with E-state index in [9.17, 15) is 4.79 Å². The molecule has 0 saturated heterocycles. The fourth-order valence-corrected chi connectivity index (χ4v) is 2.94. The Bertz CT molecular complexity index is 739. The molecule has 0 spiro atoms. The van der Waals surface area contributed by atoms with Crippen LogP contribution in [-0.2, 0) is 10.3 Å². The number of rotatable bonds is 4. The van der Waals surface area contributed by atoms with E-state index in [4.69, 9.17) is 10.3 Å². The molecule has 2 saturated carbocycles. The van der Waals surface area contributed by atoms with Gasteiger partial charge in [0.15, 0.2) is 5.82 Å². The van der Waals surface area contributed by atoms with E-state index in [2.05, 4.69) is 22.4 Å². The molecule has 0 radical (unpaired) electrons. The van der Waals surface area contributed by atoms with Gasteiger partial charge in [-0.1, -0.05) is 12.1 Å². The lowest BCUT2D eigenvalue weighted by Crippen LogP contribution is -2.44. The Morgan fingerprint density at radius 3 is 2.54 bits per heavy atom. The summed E-state index contributed by atoms with van der Waals surface area (Å²) < 4.78 is 5.33. The molecule has 2 fully saturated rings. The highest BCUT2D eigenvalue weighted by Gasteiger charge is 2.39. The maximum atomic E-state index is 11.9. The highest BCUT2D eigenvalue weighted by atomic mass is 35.5. The van der Waals surface area contributed by atoms with Crippen molar-refractivity contribution in [3.05, 3.63) is 30.1 Å². The molecule has 2 atom stereocenters. The molecule has 2 aromatic rings. The molecule has 2 aliphatic carbocycles. The number of carbonyl (C=O) groups excluding carboxylic acids is 1. The van der Waals surface area contributed by atoms with Gasteiger partial charge >= 0.3 is 0 Å². The Morgan fingerprint density at radius 1 is 1.33 bits per heavy atom. The molecule has 2 unspecified atom stereocenters. The fourth-order valence-electron chi connectivity index (χ4n) is 2.94. The maximum absolute atomic E-state index is 11.9. The molecule has 6 nitrogen and oxygen atoms in total. The summed E-state index contributed by atoms with van der Waals surface area (Å²) >= 11 is 0. The molecule has 1 aromatic carbocycles. The largest absolute Gasteiger partial charge is 0.334 e. The van der Waals surface area contributed by atoms with Gasteiger partial charge in [-0.2, -0.15) is 4.98 Å². The van der Waals surface area contributed by atoms with Crippen LogP contribution < -0.4 is 11.1 Å². The van der Waals surface area contributed by atoms with E-state index in [0.29, 0.717) is 17.6 Å². The summed E-state index contributed by atoms with van der Waals surface area (Å²) in [5.41, 5.74) is 7.40. The minimum absolute atomic E-state index is 0. The number of nitrogens with zero attached hydrogens (tertiary/aromatic N) is 2.